The molecule has 45 heavy (non-hydrogen) atoms. The van der Waals surface area contributed by atoms with Crippen LogP contribution in [0.4, 0.5) is 0 Å². The molecule has 2 aromatic rings. The van der Waals surface area contributed by atoms with Crippen LogP contribution in [0.15, 0.2) is 36.4 Å². The Bertz CT molecular complexity index is 1120. The van der Waals surface area contributed by atoms with Gasteiger partial charge in [0.25, 0.3) is 0 Å². The van der Waals surface area contributed by atoms with Crippen LogP contribution < -0.4 is 14.8 Å². The summed E-state index contributed by atoms with van der Waals surface area (Å²) in [6.07, 6.45) is 8.54. The van der Waals surface area contributed by atoms with Crippen LogP contribution in [0.25, 0.3) is 0 Å². The highest BCUT2D eigenvalue weighted by atomic mass is 127. The summed E-state index contributed by atoms with van der Waals surface area (Å²) in [5, 5.41) is 11.5. The maximum atomic E-state index is 11.9. The third-order valence-electron chi connectivity index (χ3n) is 8.38. The van der Waals surface area contributed by atoms with E-state index in [4.69, 9.17) is 19.3 Å². The zero-order valence-electron chi connectivity index (χ0n) is 27.8. The van der Waals surface area contributed by atoms with Crippen molar-refractivity contribution in [2.45, 2.75) is 85.0 Å². The number of piperidine rings is 1. The number of carbonyl (C=O) groups is 2. The van der Waals surface area contributed by atoms with Gasteiger partial charge in [0.1, 0.15) is 24.7 Å². The third kappa shape index (κ3) is 13.5. The Balaban J connectivity index is 0.00000705. The predicted molar refractivity (Wildman–Crippen MR) is 190 cm³/mol. The zero-order valence-corrected chi connectivity index (χ0v) is 30.1. The van der Waals surface area contributed by atoms with Crippen LogP contribution in [0.3, 0.4) is 0 Å². The monoisotopic (exact) mass is 738 g/mol. The number of aryl methyl sites for hydroxylation is 2. The fourth-order valence-electron chi connectivity index (χ4n) is 6.05. The smallest absolute Gasteiger partial charge is 0.329 e. The standard InChI is InChI=1S/C36H54N2O6.HI/c1-5-7-20-43-30-13-15-32(27(3)22-30)36(33-16-14-31(23-28(33)4)44-21-8-6-2)29-12-11-19-38(24-29)18-10-9-17-37-34(39)25-42-26-35(40)41;/h13-16,22-23,29,36H,5-12,17-21,24-26H2,1-4H3,(H,37,39)(H,40,41);1H. The molecule has 1 saturated heterocycles. The van der Waals surface area contributed by atoms with Crippen molar-refractivity contribution in [2.75, 3.05) is 52.6 Å². The Morgan fingerprint density at radius 1 is 0.911 bits per heavy atom. The summed E-state index contributed by atoms with van der Waals surface area (Å²) in [5.41, 5.74) is 5.28. The molecule has 2 N–H and O–H groups in total. The van der Waals surface area contributed by atoms with Gasteiger partial charge in [-0.3, -0.25) is 4.79 Å². The zero-order chi connectivity index (χ0) is 31.7. The number of hydrogen-bond donors (Lipinski definition) is 2. The second-order valence-corrected chi connectivity index (χ2v) is 12.1. The first-order chi connectivity index (χ1) is 21.3. The SMILES string of the molecule is CCCCOc1ccc(C(c2ccc(OCCCC)cc2C)C2CCCN(CCCCNC(=O)COCC(=O)O)C2)c(C)c1.I. The number of likely N-dealkylation sites (tertiary alicyclic amines) is 1. The molecule has 0 spiro atoms. The van der Waals surface area contributed by atoms with Gasteiger partial charge in [-0.15, -0.1) is 24.0 Å². The lowest BCUT2D eigenvalue weighted by Crippen LogP contribution is -2.39. The van der Waals surface area contributed by atoms with Gasteiger partial charge in [-0.2, -0.15) is 0 Å². The van der Waals surface area contributed by atoms with Crippen LogP contribution in [-0.2, 0) is 14.3 Å². The molecule has 1 atom stereocenters. The predicted octanol–water partition coefficient (Wildman–Crippen LogP) is 7.12. The molecule has 1 amide bonds. The van der Waals surface area contributed by atoms with Crippen molar-refractivity contribution >= 4 is 35.9 Å². The van der Waals surface area contributed by atoms with Crippen LogP contribution in [0, 0.1) is 19.8 Å². The largest absolute Gasteiger partial charge is 0.494 e. The van der Waals surface area contributed by atoms with Gasteiger partial charge in [-0.1, -0.05) is 38.8 Å². The molecular weight excluding hydrogens is 683 g/mol. The summed E-state index contributed by atoms with van der Waals surface area (Å²) >= 11 is 0. The minimum Gasteiger partial charge on any atom is -0.494 e. The number of hydrogen-bond acceptors (Lipinski definition) is 6. The number of amides is 1. The number of aliphatic carboxylic acids is 1. The van der Waals surface area contributed by atoms with Crippen molar-refractivity contribution in [2.24, 2.45) is 5.92 Å². The van der Waals surface area contributed by atoms with Gasteiger partial charge >= 0.3 is 5.97 Å². The summed E-state index contributed by atoms with van der Waals surface area (Å²) < 4.78 is 16.9. The molecule has 3 rings (SSSR count). The number of ether oxygens (including phenoxy) is 3. The second kappa shape index (κ2) is 21.4. The number of carbonyl (C=O) groups excluding carboxylic acids is 1. The normalized spacial score (nSPS) is 15.0. The van der Waals surface area contributed by atoms with E-state index >= 15 is 0 Å². The number of carboxylic acids is 1. The van der Waals surface area contributed by atoms with Gasteiger partial charge in [-0.05, 0) is 118 Å². The molecule has 2 aromatic carbocycles. The number of benzene rings is 2. The summed E-state index contributed by atoms with van der Waals surface area (Å²) in [7, 11) is 0. The second-order valence-electron chi connectivity index (χ2n) is 12.1. The Kier molecular flexibility index (Phi) is 18.5. The Hall–Kier alpha value is -2.37. The molecule has 1 aliphatic rings. The number of rotatable bonds is 20. The Morgan fingerprint density at radius 3 is 2.04 bits per heavy atom. The molecule has 0 aliphatic carbocycles. The summed E-state index contributed by atoms with van der Waals surface area (Å²) in [6.45, 7) is 13.3. The highest BCUT2D eigenvalue weighted by molar-refractivity contribution is 14.0. The van der Waals surface area contributed by atoms with E-state index in [0.717, 1.165) is 89.3 Å². The van der Waals surface area contributed by atoms with Crippen molar-refractivity contribution in [3.63, 3.8) is 0 Å². The number of halogens is 1. The highest BCUT2D eigenvalue weighted by Gasteiger charge is 2.31. The van der Waals surface area contributed by atoms with Crippen molar-refractivity contribution in [3.8, 4) is 11.5 Å². The fourth-order valence-corrected chi connectivity index (χ4v) is 6.05. The summed E-state index contributed by atoms with van der Waals surface area (Å²) in [6, 6.07) is 13.3. The van der Waals surface area contributed by atoms with Gasteiger partial charge in [0, 0.05) is 19.0 Å². The van der Waals surface area contributed by atoms with Crippen LogP contribution in [0.2, 0.25) is 0 Å². The first-order valence-electron chi connectivity index (χ1n) is 16.6. The molecule has 1 heterocycles. The average molecular weight is 739 g/mol. The van der Waals surface area contributed by atoms with Crippen molar-refractivity contribution in [1.29, 1.82) is 0 Å². The lowest BCUT2D eigenvalue weighted by molar-refractivity contribution is -0.143. The molecule has 1 fully saturated rings. The van der Waals surface area contributed by atoms with E-state index in [1.807, 2.05) is 0 Å². The van der Waals surface area contributed by atoms with Gasteiger partial charge in [-0.25, -0.2) is 4.79 Å². The fraction of sp³-hybridized carbons (Fsp3) is 0.611. The van der Waals surface area contributed by atoms with Gasteiger partial charge in [0.15, 0.2) is 0 Å². The van der Waals surface area contributed by atoms with E-state index < -0.39 is 12.6 Å². The molecule has 8 nitrogen and oxygen atoms in total. The topological polar surface area (TPSA) is 97.3 Å². The first kappa shape index (κ1) is 38.8. The Morgan fingerprint density at radius 2 is 1.51 bits per heavy atom. The number of nitrogens with zero attached hydrogens (tertiary/aromatic N) is 1. The minimum absolute atomic E-state index is 0. The molecule has 1 aliphatic heterocycles. The van der Waals surface area contributed by atoms with Gasteiger partial charge < -0.3 is 29.5 Å². The maximum absolute atomic E-state index is 11.9. The van der Waals surface area contributed by atoms with E-state index in [0.29, 0.717) is 12.5 Å². The van der Waals surface area contributed by atoms with Crippen LogP contribution in [0.1, 0.15) is 93.4 Å². The average Bonchev–Trinajstić information content (AvgIpc) is 2.99. The molecule has 0 saturated carbocycles. The van der Waals surface area contributed by atoms with E-state index in [2.05, 4.69) is 74.3 Å². The van der Waals surface area contributed by atoms with E-state index in [1.165, 1.54) is 28.7 Å². The third-order valence-corrected chi connectivity index (χ3v) is 8.38. The quantitative estimate of drug-likeness (QED) is 0.110. The van der Waals surface area contributed by atoms with Crippen molar-refractivity contribution < 1.29 is 28.9 Å². The lowest BCUT2D eigenvalue weighted by atomic mass is 9.74. The maximum Gasteiger partial charge on any atom is 0.329 e. The van der Waals surface area contributed by atoms with Crippen LogP contribution in [-0.4, -0.2) is 74.5 Å². The number of carboxylic acid groups (broad SMARTS) is 1. The van der Waals surface area contributed by atoms with Gasteiger partial charge in [0.2, 0.25) is 5.91 Å². The van der Waals surface area contributed by atoms with Crippen LogP contribution in [0.5, 0.6) is 11.5 Å². The summed E-state index contributed by atoms with van der Waals surface area (Å²) in [5.74, 6) is 1.29. The number of unbranched alkanes of at least 4 members (excludes halogenated alkanes) is 3. The molecule has 0 radical (unpaired) electrons. The van der Waals surface area contributed by atoms with E-state index in [1.54, 1.807) is 0 Å². The molecule has 0 bridgehead atoms. The molecule has 0 aromatic heterocycles. The van der Waals surface area contributed by atoms with E-state index in [-0.39, 0.29) is 42.4 Å². The van der Waals surface area contributed by atoms with Crippen molar-refractivity contribution in [3.05, 3.63) is 58.7 Å². The Labute approximate surface area is 287 Å². The van der Waals surface area contributed by atoms with Crippen LogP contribution >= 0.6 is 24.0 Å². The molecule has 1 unspecified atom stereocenters. The summed E-state index contributed by atoms with van der Waals surface area (Å²) in [4.78, 5) is 25.0. The van der Waals surface area contributed by atoms with Gasteiger partial charge in [0.05, 0.1) is 13.2 Å². The molecule has 252 valence electrons. The molecule has 9 heteroatoms. The minimum atomic E-state index is -1.08. The van der Waals surface area contributed by atoms with E-state index in [9.17, 15) is 9.59 Å². The lowest BCUT2D eigenvalue weighted by Gasteiger charge is -2.38. The molecular formula is C36H55IN2O6. The highest BCUT2D eigenvalue weighted by Crippen LogP contribution is 2.41. The van der Waals surface area contributed by atoms with Crippen molar-refractivity contribution in [1.82, 2.24) is 10.2 Å². The first-order valence-corrected chi connectivity index (χ1v) is 16.6. The number of nitrogens with one attached hydrogen (secondary N) is 1.